The van der Waals surface area contributed by atoms with Gasteiger partial charge in [0, 0.05) is 18.2 Å². The van der Waals surface area contributed by atoms with E-state index in [1.54, 1.807) is 32.2 Å². The van der Waals surface area contributed by atoms with Crippen LogP contribution in [0.25, 0.3) is 0 Å². The highest BCUT2D eigenvalue weighted by atomic mass is 32.2. The molecule has 0 spiro atoms. The number of carbonyl (C=O) groups excluding carboxylic acids is 2. The second-order valence-corrected chi connectivity index (χ2v) is 8.87. The number of aromatic nitrogens is 2. The lowest BCUT2D eigenvalue weighted by Gasteiger charge is -2.20. The fraction of sp³-hybridized carbons (Fsp3) is 0.471. The van der Waals surface area contributed by atoms with E-state index in [1.807, 2.05) is 0 Å². The second kappa shape index (κ2) is 7.55. The molecule has 2 aromatic rings. The molecule has 3 heterocycles. The third-order valence-corrected chi connectivity index (χ3v) is 6.38. The number of aryl methyl sites for hydroxylation is 2. The first kappa shape index (κ1) is 19.2. The Hall–Kier alpha value is -2.62. The lowest BCUT2D eigenvalue weighted by molar-refractivity contribution is -0.121. The van der Waals surface area contributed by atoms with Crippen molar-refractivity contribution in [3.8, 4) is 0 Å². The van der Waals surface area contributed by atoms with Gasteiger partial charge in [0.05, 0.1) is 29.3 Å². The first-order chi connectivity index (χ1) is 12.7. The summed E-state index contributed by atoms with van der Waals surface area (Å²) in [6, 6.07) is 1.93. The summed E-state index contributed by atoms with van der Waals surface area (Å²) in [5.41, 5.74) is 1.95. The Labute approximate surface area is 156 Å². The third kappa shape index (κ3) is 4.57. The van der Waals surface area contributed by atoms with E-state index in [2.05, 4.69) is 20.8 Å². The molecular formula is C17H22N4O5S. The van der Waals surface area contributed by atoms with Crippen LogP contribution in [-0.2, 0) is 21.1 Å². The molecule has 146 valence electrons. The summed E-state index contributed by atoms with van der Waals surface area (Å²) in [5.74, 6) is -0.415. The van der Waals surface area contributed by atoms with Gasteiger partial charge in [-0.3, -0.25) is 9.59 Å². The molecular weight excluding hydrogens is 372 g/mol. The molecule has 1 aliphatic heterocycles. The maximum atomic E-state index is 12.3. The van der Waals surface area contributed by atoms with Gasteiger partial charge in [0.2, 0.25) is 5.91 Å². The van der Waals surface area contributed by atoms with Crippen LogP contribution < -0.4 is 10.6 Å². The lowest BCUT2D eigenvalue weighted by Crippen LogP contribution is -2.51. The van der Waals surface area contributed by atoms with E-state index in [9.17, 15) is 18.0 Å². The summed E-state index contributed by atoms with van der Waals surface area (Å²) >= 11 is 0. The minimum Gasteiger partial charge on any atom is -0.361 e. The fourth-order valence-electron chi connectivity index (χ4n) is 3.23. The second-order valence-electron chi connectivity index (χ2n) is 6.72. The Kier molecular flexibility index (Phi) is 5.36. The lowest BCUT2D eigenvalue weighted by atomic mass is 10.1. The van der Waals surface area contributed by atoms with Gasteiger partial charge in [0.1, 0.15) is 11.5 Å². The topological polar surface area (TPSA) is 134 Å². The number of nitrogens with one attached hydrogen (secondary N) is 3. The molecule has 3 N–H and O–H groups in total. The molecule has 0 aliphatic carbocycles. The molecule has 9 nitrogen and oxygen atoms in total. The number of aromatic amines is 1. The summed E-state index contributed by atoms with van der Waals surface area (Å²) in [7, 11) is -3.34. The molecule has 0 bridgehead atoms. The van der Waals surface area contributed by atoms with E-state index in [0.717, 1.165) is 11.3 Å². The summed E-state index contributed by atoms with van der Waals surface area (Å²) in [5, 5.41) is 9.28. The number of H-pyrrole nitrogens is 1. The van der Waals surface area contributed by atoms with Crippen LogP contribution >= 0.6 is 0 Å². The fourth-order valence-corrected chi connectivity index (χ4v) is 5.09. The molecule has 0 unspecified atom stereocenters. The van der Waals surface area contributed by atoms with Crippen LogP contribution in [0, 0.1) is 13.8 Å². The van der Waals surface area contributed by atoms with E-state index < -0.39 is 27.8 Å². The monoisotopic (exact) mass is 394 g/mol. The molecule has 1 aliphatic rings. The minimum absolute atomic E-state index is 0.177. The molecule has 2 aromatic heterocycles. The van der Waals surface area contributed by atoms with E-state index in [-0.39, 0.29) is 23.8 Å². The zero-order valence-corrected chi connectivity index (χ0v) is 15.9. The third-order valence-electron chi connectivity index (χ3n) is 4.64. The van der Waals surface area contributed by atoms with Gasteiger partial charge in [-0.25, -0.2) is 8.42 Å². The largest absolute Gasteiger partial charge is 0.361 e. The molecule has 0 saturated carbocycles. The molecule has 1 fully saturated rings. The first-order valence-electron chi connectivity index (χ1n) is 8.61. The maximum absolute atomic E-state index is 12.3. The highest BCUT2D eigenvalue weighted by molar-refractivity contribution is 7.91. The van der Waals surface area contributed by atoms with Gasteiger partial charge in [-0.05, 0) is 32.4 Å². The van der Waals surface area contributed by atoms with E-state index in [4.69, 9.17) is 4.52 Å². The van der Waals surface area contributed by atoms with Gasteiger partial charge in [0.25, 0.3) is 5.91 Å². The van der Waals surface area contributed by atoms with Crippen LogP contribution in [0.3, 0.4) is 0 Å². The van der Waals surface area contributed by atoms with Crippen molar-refractivity contribution in [2.24, 2.45) is 0 Å². The normalized spacial score (nSPS) is 21.1. The van der Waals surface area contributed by atoms with Crippen LogP contribution in [0.15, 0.2) is 22.9 Å². The smallest absolute Gasteiger partial charge is 0.268 e. The van der Waals surface area contributed by atoms with Gasteiger partial charge in [0.15, 0.2) is 9.84 Å². The van der Waals surface area contributed by atoms with Crippen molar-refractivity contribution in [1.29, 1.82) is 0 Å². The van der Waals surface area contributed by atoms with Gasteiger partial charge in [-0.15, -0.1) is 0 Å². The summed E-state index contributed by atoms with van der Waals surface area (Å²) < 4.78 is 29.1. The number of hydrogen-bond donors (Lipinski definition) is 3. The zero-order chi connectivity index (χ0) is 19.6. The number of hydrogen-bond acceptors (Lipinski definition) is 6. The van der Waals surface area contributed by atoms with Crippen LogP contribution in [0.5, 0.6) is 0 Å². The molecule has 2 amide bonds. The van der Waals surface area contributed by atoms with Crippen LogP contribution in [0.2, 0.25) is 0 Å². The van der Waals surface area contributed by atoms with Crippen molar-refractivity contribution in [3.05, 3.63) is 41.0 Å². The molecule has 3 rings (SSSR count). The minimum atomic E-state index is -3.34. The predicted octanol–water partition coefficient (Wildman–Crippen LogP) is 0.264. The number of rotatable bonds is 6. The molecule has 10 heteroatoms. The number of carbonyl (C=O) groups is 2. The van der Waals surface area contributed by atoms with Crippen LogP contribution in [0.1, 0.15) is 33.9 Å². The Morgan fingerprint density at radius 3 is 2.56 bits per heavy atom. The molecule has 0 aromatic carbocycles. The maximum Gasteiger partial charge on any atom is 0.268 e. The quantitative estimate of drug-likeness (QED) is 0.644. The number of nitrogens with zero attached hydrogens (tertiary/aromatic N) is 1. The van der Waals surface area contributed by atoms with Gasteiger partial charge >= 0.3 is 0 Å². The molecule has 2 atom stereocenters. The van der Waals surface area contributed by atoms with Crippen molar-refractivity contribution in [3.63, 3.8) is 0 Å². The highest BCUT2D eigenvalue weighted by Gasteiger charge is 2.39. The summed E-state index contributed by atoms with van der Waals surface area (Å²) in [6.07, 6.45) is 2.23. The van der Waals surface area contributed by atoms with Gasteiger partial charge in [-0.2, -0.15) is 0 Å². The number of amides is 2. The van der Waals surface area contributed by atoms with Crippen molar-refractivity contribution in [2.75, 3.05) is 11.5 Å². The Morgan fingerprint density at radius 2 is 1.96 bits per heavy atom. The highest BCUT2D eigenvalue weighted by Crippen LogP contribution is 2.16. The van der Waals surface area contributed by atoms with Crippen molar-refractivity contribution in [1.82, 2.24) is 20.8 Å². The molecule has 0 radical (unpaired) electrons. The van der Waals surface area contributed by atoms with E-state index >= 15 is 0 Å². The Balaban J connectivity index is 1.61. The zero-order valence-electron chi connectivity index (χ0n) is 15.1. The predicted molar refractivity (Wildman–Crippen MR) is 96.9 cm³/mol. The van der Waals surface area contributed by atoms with Crippen molar-refractivity contribution >= 4 is 21.7 Å². The van der Waals surface area contributed by atoms with Crippen LogP contribution in [0.4, 0.5) is 0 Å². The SMILES string of the molecule is Cc1noc(C)c1CCC(=O)N[C@@H]1CS(=O)(=O)C[C@H]1NC(=O)c1ccc[nH]1. The number of sulfone groups is 1. The van der Waals surface area contributed by atoms with Crippen LogP contribution in [-0.4, -0.2) is 54.0 Å². The van der Waals surface area contributed by atoms with Crippen molar-refractivity contribution < 1.29 is 22.5 Å². The first-order valence-corrected chi connectivity index (χ1v) is 10.4. The average Bonchev–Trinajstić information content (AvgIpc) is 3.28. The van der Waals surface area contributed by atoms with Crippen molar-refractivity contribution in [2.45, 2.75) is 38.8 Å². The Morgan fingerprint density at radius 1 is 1.26 bits per heavy atom. The average molecular weight is 394 g/mol. The molecule has 27 heavy (non-hydrogen) atoms. The van der Waals surface area contributed by atoms with E-state index in [0.29, 0.717) is 17.9 Å². The molecule has 1 saturated heterocycles. The Bertz CT molecular complexity index is 913. The summed E-state index contributed by atoms with van der Waals surface area (Å²) in [4.78, 5) is 27.3. The standard InChI is InChI=1S/C17H22N4O5S/c1-10-12(11(2)26-21-10)5-6-16(22)19-14-8-27(24,25)9-15(14)20-17(23)13-4-3-7-18-13/h3-4,7,14-15,18H,5-6,8-9H2,1-2H3,(H,19,22)(H,20,23)/t14-,15-/m1/s1. The van der Waals surface area contributed by atoms with E-state index in [1.165, 1.54) is 0 Å². The summed E-state index contributed by atoms with van der Waals surface area (Å²) in [6.45, 7) is 3.59. The van der Waals surface area contributed by atoms with Gasteiger partial charge < -0.3 is 20.1 Å². The van der Waals surface area contributed by atoms with Gasteiger partial charge in [-0.1, -0.05) is 5.16 Å².